The number of piperidine rings is 1. The van der Waals surface area contributed by atoms with Crippen molar-refractivity contribution >= 4 is 17.2 Å². The molecule has 0 spiro atoms. The average Bonchev–Trinajstić information content (AvgIpc) is 3.27. The van der Waals surface area contributed by atoms with Gasteiger partial charge in [0.05, 0.1) is 31.9 Å². The molecule has 8 nitrogen and oxygen atoms in total. The Labute approximate surface area is 200 Å². The van der Waals surface area contributed by atoms with Gasteiger partial charge >= 0.3 is 0 Å². The SMILES string of the molecule is COc1ccc([C@@H](C)NC(=O)[C@@H]2CCCN(c3nccn4nc5c(c34)CCCC5)C2)cc1OC. The molecule has 1 fully saturated rings. The maximum atomic E-state index is 13.3. The van der Waals surface area contributed by atoms with Crippen LogP contribution in [0.5, 0.6) is 11.5 Å². The number of anilines is 1. The number of methoxy groups -OCH3 is 2. The summed E-state index contributed by atoms with van der Waals surface area (Å²) in [6, 6.07) is 5.63. The monoisotopic (exact) mass is 463 g/mol. The number of ether oxygens (including phenoxy) is 2. The molecule has 1 aromatic carbocycles. The van der Waals surface area contributed by atoms with Gasteiger partial charge in [-0.2, -0.15) is 5.10 Å². The molecule has 0 unspecified atom stereocenters. The van der Waals surface area contributed by atoms with Crippen molar-refractivity contribution in [1.82, 2.24) is 19.9 Å². The summed E-state index contributed by atoms with van der Waals surface area (Å²) in [6.07, 6.45) is 10.1. The van der Waals surface area contributed by atoms with Crippen molar-refractivity contribution in [2.24, 2.45) is 5.92 Å². The van der Waals surface area contributed by atoms with E-state index in [1.807, 2.05) is 42.0 Å². The third-order valence-electron chi connectivity index (χ3n) is 7.16. The van der Waals surface area contributed by atoms with Gasteiger partial charge in [-0.15, -0.1) is 0 Å². The van der Waals surface area contributed by atoms with Crippen molar-refractivity contribution in [2.45, 2.75) is 51.5 Å². The lowest BCUT2D eigenvalue weighted by atomic mass is 9.95. The Balaban J connectivity index is 1.32. The van der Waals surface area contributed by atoms with Gasteiger partial charge in [-0.3, -0.25) is 4.79 Å². The highest BCUT2D eigenvalue weighted by Crippen LogP contribution is 2.33. The van der Waals surface area contributed by atoms with E-state index in [2.05, 4.69) is 10.2 Å². The minimum atomic E-state index is -0.133. The molecular weight excluding hydrogens is 430 g/mol. The van der Waals surface area contributed by atoms with E-state index in [9.17, 15) is 4.79 Å². The zero-order valence-corrected chi connectivity index (χ0v) is 20.2. The van der Waals surface area contributed by atoms with Crippen LogP contribution < -0.4 is 19.7 Å². The summed E-state index contributed by atoms with van der Waals surface area (Å²) in [6.45, 7) is 3.57. The van der Waals surface area contributed by atoms with Crippen LogP contribution in [0.2, 0.25) is 0 Å². The second-order valence-corrected chi connectivity index (χ2v) is 9.31. The van der Waals surface area contributed by atoms with Crippen molar-refractivity contribution in [3.63, 3.8) is 0 Å². The van der Waals surface area contributed by atoms with Crippen LogP contribution in [-0.4, -0.2) is 47.8 Å². The van der Waals surface area contributed by atoms with Crippen LogP contribution in [-0.2, 0) is 17.6 Å². The second-order valence-electron chi connectivity index (χ2n) is 9.31. The number of carbonyl (C=O) groups is 1. The van der Waals surface area contributed by atoms with Crippen LogP contribution in [0.1, 0.15) is 55.5 Å². The van der Waals surface area contributed by atoms with Crippen molar-refractivity contribution < 1.29 is 14.3 Å². The van der Waals surface area contributed by atoms with Gasteiger partial charge in [0.2, 0.25) is 5.91 Å². The highest BCUT2D eigenvalue weighted by Gasteiger charge is 2.30. The van der Waals surface area contributed by atoms with Gasteiger partial charge in [-0.05, 0) is 63.1 Å². The number of benzene rings is 1. The van der Waals surface area contributed by atoms with Crippen LogP contribution in [0, 0.1) is 5.92 Å². The largest absolute Gasteiger partial charge is 0.493 e. The lowest BCUT2D eigenvalue weighted by molar-refractivity contribution is -0.125. The summed E-state index contributed by atoms with van der Waals surface area (Å²) < 4.78 is 12.7. The summed E-state index contributed by atoms with van der Waals surface area (Å²) in [5.74, 6) is 2.29. The molecular formula is C26H33N5O3. The van der Waals surface area contributed by atoms with E-state index >= 15 is 0 Å². The van der Waals surface area contributed by atoms with E-state index in [1.54, 1.807) is 14.2 Å². The Morgan fingerprint density at radius 1 is 1.15 bits per heavy atom. The van der Waals surface area contributed by atoms with E-state index < -0.39 is 0 Å². The van der Waals surface area contributed by atoms with Crippen molar-refractivity contribution in [3.8, 4) is 11.5 Å². The second kappa shape index (κ2) is 9.52. The number of aryl methyl sites for hydroxylation is 2. The number of nitrogens with zero attached hydrogens (tertiary/aromatic N) is 4. The first-order valence-electron chi connectivity index (χ1n) is 12.2. The molecule has 1 amide bonds. The smallest absolute Gasteiger partial charge is 0.225 e. The molecule has 1 N–H and O–H groups in total. The molecule has 1 aliphatic heterocycles. The van der Waals surface area contributed by atoms with Crippen molar-refractivity contribution in [3.05, 3.63) is 47.4 Å². The third-order valence-corrected chi connectivity index (χ3v) is 7.16. The lowest BCUT2D eigenvalue weighted by Gasteiger charge is -2.34. The number of aromatic nitrogens is 3. The zero-order valence-electron chi connectivity index (χ0n) is 20.2. The molecule has 34 heavy (non-hydrogen) atoms. The topological polar surface area (TPSA) is 81.0 Å². The fraction of sp³-hybridized carbons (Fsp3) is 0.500. The molecule has 3 heterocycles. The molecule has 5 rings (SSSR count). The van der Waals surface area contributed by atoms with E-state index in [0.717, 1.165) is 49.1 Å². The summed E-state index contributed by atoms with van der Waals surface area (Å²) in [5, 5.41) is 8.02. The Kier molecular flexibility index (Phi) is 6.30. The molecule has 0 saturated carbocycles. The molecule has 1 saturated heterocycles. The van der Waals surface area contributed by atoms with Crippen LogP contribution in [0.25, 0.3) is 5.52 Å². The van der Waals surface area contributed by atoms with Crippen LogP contribution in [0.4, 0.5) is 5.82 Å². The Morgan fingerprint density at radius 2 is 1.97 bits per heavy atom. The number of nitrogens with one attached hydrogen (secondary N) is 1. The maximum absolute atomic E-state index is 13.3. The summed E-state index contributed by atoms with van der Waals surface area (Å²) >= 11 is 0. The predicted molar refractivity (Wildman–Crippen MR) is 131 cm³/mol. The molecule has 2 aliphatic rings. The van der Waals surface area contributed by atoms with Gasteiger partial charge in [0, 0.05) is 31.0 Å². The lowest BCUT2D eigenvalue weighted by Crippen LogP contribution is -2.44. The third kappa shape index (κ3) is 4.17. The molecule has 0 bridgehead atoms. The van der Waals surface area contributed by atoms with Crippen molar-refractivity contribution in [1.29, 1.82) is 0 Å². The van der Waals surface area contributed by atoms with Crippen LogP contribution in [0.3, 0.4) is 0 Å². The number of fused-ring (bicyclic) bond motifs is 3. The highest BCUT2D eigenvalue weighted by atomic mass is 16.5. The fourth-order valence-corrected chi connectivity index (χ4v) is 5.30. The highest BCUT2D eigenvalue weighted by molar-refractivity contribution is 5.81. The van der Waals surface area contributed by atoms with Gasteiger partial charge in [0.1, 0.15) is 5.52 Å². The zero-order chi connectivity index (χ0) is 23.7. The summed E-state index contributed by atoms with van der Waals surface area (Å²) in [5.41, 5.74) is 4.64. The number of hydrogen-bond acceptors (Lipinski definition) is 6. The Hall–Kier alpha value is -3.29. The summed E-state index contributed by atoms with van der Waals surface area (Å²) in [4.78, 5) is 20.3. The number of hydrogen-bond donors (Lipinski definition) is 1. The van der Waals surface area contributed by atoms with E-state index in [1.165, 1.54) is 24.1 Å². The number of rotatable bonds is 6. The molecule has 3 aromatic rings. The first-order valence-corrected chi connectivity index (χ1v) is 12.2. The Bertz CT molecular complexity index is 1190. The quantitative estimate of drug-likeness (QED) is 0.600. The standard InChI is InChI=1S/C26H33N5O3/c1-17(18-10-11-22(33-2)23(15-18)34-3)28-26(32)19-7-6-13-30(16-19)25-24-20-8-4-5-9-21(20)29-31(24)14-12-27-25/h10-12,14-15,17,19H,4-9,13,16H2,1-3H3,(H,28,32)/t17-,19-/m1/s1. The minimum absolute atomic E-state index is 0.0782. The van der Waals surface area contributed by atoms with Crippen LogP contribution >= 0.6 is 0 Å². The normalized spacial score (nSPS) is 18.9. The molecule has 2 aromatic heterocycles. The summed E-state index contributed by atoms with van der Waals surface area (Å²) in [7, 11) is 3.24. The van der Waals surface area contributed by atoms with Gasteiger partial charge in [0.15, 0.2) is 17.3 Å². The molecule has 2 atom stereocenters. The van der Waals surface area contributed by atoms with Gasteiger partial charge < -0.3 is 19.7 Å². The number of carbonyl (C=O) groups excluding carboxylic acids is 1. The van der Waals surface area contributed by atoms with Gasteiger partial charge in [-0.25, -0.2) is 9.50 Å². The van der Waals surface area contributed by atoms with Crippen molar-refractivity contribution in [2.75, 3.05) is 32.2 Å². The van der Waals surface area contributed by atoms with Gasteiger partial charge in [-0.1, -0.05) is 6.07 Å². The predicted octanol–water partition coefficient (Wildman–Crippen LogP) is 3.72. The average molecular weight is 464 g/mol. The number of amides is 1. The van der Waals surface area contributed by atoms with E-state index in [-0.39, 0.29) is 17.9 Å². The molecule has 1 aliphatic carbocycles. The molecule has 8 heteroatoms. The minimum Gasteiger partial charge on any atom is -0.493 e. The fourth-order valence-electron chi connectivity index (χ4n) is 5.30. The van der Waals surface area contributed by atoms with E-state index in [4.69, 9.17) is 19.6 Å². The first-order chi connectivity index (χ1) is 16.6. The molecule has 0 radical (unpaired) electrons. The first kappa shape index (κ1) is 22.5. The molecule has 180 valence electrons. The van der Waals surface area contributed by atoms with Gasteiger partial charge in [0.25, 0.3) is 0 Å². The Morgan fingerprint density at radius 3 is 2.79 bits per heavy atom. The van der Waals surface area contributed by atoms with Crippen LogP contribution in [0.15, 0.2) is 30.6 Å². The maximum Gasteiger partial charge on any atom is 0.225 e. The van der Waals surface area contributed by atoms with E-state index in [0.29, 0.717) is 18.0 Å².